The molecule has 1 amide bonds. The predicted octanol–water partition coefficient (Wildman–Crippen LogP) is 7.96. The monoisotopic (exact) mass is 584 g/mol. The first kappa shape index (κ1) is 31.3. The van der Waals surface area contributed by atoms with Gasteiger partial charge in [0.05, 0.1) is 13.3 Å². The van der Waals surface area contributed by atoms with E-state index in [0.29, 0.717) is 33.7 Å². The number of aryl methyl sites for hydroxylation is 1. The lowest BCUT2D eigenvalue weighted by molar-refractivity contribution is -0.121. The quantitative estimate of drug-likeness (QED) is 0.197. The van der Waals surface area contributed by atoms with Crippen LogP contribution in [-0.2, 0) is 28.7 Å². The van der Waals surface area contributed by atoms with Crippen molar-refractivity contribution >= 4 is 35.3 Å². The highest BCUT2D eigenvalue weighted by Gasteiger charge is 2.26. The molecule has 214 valence electrons. The summed E-state index contributed by atoms with van der Waals surface area (Å²) in [5, 5.41) is 16.1. The van der Waals surface area contributed by atoms with Gasteiger partial charge in [0.2, 0.25) is 5.91 Å². The number of hydrazone groups is 1. The minimum Gasteiger partial charge on any atom is -0.507 e. The number of ether oxygens (including phenoxy) is 2. The lowest BCUT2D eigenvalue weighted by Gasteiger charge is -2.28. The number of nitrogens with one attached hydrogen (secondary N) is 1. The van der Waals surface area contributed by atoms with Crippen LogP contribution in [0.25, 0.3) is 0 Å². The van der Waals surface area contributed by atoms with Crippen LogP contribution in [0.4, 0.5) is 0 Å². The minimum absolute atomic E-state index is 0.203. The predicted molar refractivity (Wildman–Crippen MR) is 163 cm³/mol. The number of carbonyl (C=O) groups excluding carboxylic acids is 1. The highest BCUT2D eigenvalue weighted by molar-refractivity contribution is 6.35. The number of hydrogen-bond donors (Lipinski definition) is 2. The molecule has 0 saturated carbocycles. The first-order valence-electron chi connectivity index (χ1n) is 13.1. The van der Waals surface area contributed by atoms with Crippen LogP contribution in [0.2, 0.25) is 10.0 Å². The van der Waals surface area contributed by atoms with E-state index in [4.69, 9.17) is 32.7 Å². The molecule has 0 aliphatic heterocycles. The Morgan fingerprint density at radius 3 is 2.17 bits per heavy atom. The molecule has 0 bridgehead atoms. The van der Waals surface area contributed by atoms with E-state index < -0.39 is 0 Å². The van der Waals surface area contributed by atoms with E-state index in [1.807, 2.05) is 24.3 Å². The molecule has 0 atom stereocenters. The molecule has 0 aliphatic rings. The van der Waals surface area contributed by atoms with Crippen LogP contribution in [0.5, 0.6) is 17.2 Å². The number of halogens is 2. The number of rotatable bonds is 9. The molecular formula is C32H38Cl2N2O4. The fourth-order valence-corrected chi connectivity index (χ4v) is 4.62. The maximum atomic E-state index is 12.5. The van der Waals surface area contributed by atoms with Crippen LogP contribution in [-0.4, -0.2) is 24.3 Å². The average Bonchev–Trinajstić information content (AvgIpc) is 2.86. The van der Waals surface area contributed by atoms with Crippen molar-refractivity contribution < 1.29 is 19.4 Å². The molecule has 0 unspecified atom stereocenters. The molecule has 2 N–H and O–H groups in total. The summed E-state index contributed by atoms with van der Waals surface area (Å²) in [4.78, 5) is 12.5. The van der Waals surface area contributed by atoms with Gasteiger partial charge in [-0.2, -0.15) is 5.10 Å². The summed E-state index contributed by atoms with van der Waals surface area (Å²) in [6, 6.07) is 14.6. The molecular weight excluding hydrogens is 547 g/mol. The van der Waals surface area contributed by atoms with Gasteiger partial charge < -0.3 is 14.6 Å². The van der Waals surface area contributed by atoms with Crippen LogP contribution in [0.1, 0.15) is 75.8 Å². The van der Waals surface area contributed by atoms with Crippen LogP contribution in [0.15, 0.2) is 53.6 Å². The van der Waals surface area contributed by atoms with E-state index in [2.05, 4.69) is 52.1 Å². The molecule has 8 heteroatoms. The topological polar surface area (TPSA) is 80.2 Å². The number of hydrogen-bond acceptors (Lipinski definition) is 5. The summed E-state index contributed by atoms with van der Waals surface area (Å²) in [7, 11) is 1.56. The number of carbonyl (C=O) groups is 1. The first-order chi connectivity index (χ1) is 18.7. The van der Waals surface area contributed by atoms with Gasteiger partial charge in [-0.3, -0.25) is 4.79 Å². The molecule has 0 radical (unpaired) electrons. The van der Waals surface area contributed by atoms with Crippen molar-refractivity contribution in [2.24, 2.45) is 5.10 Å². The van der Waals surface area contributed by atoms with Crippen LogP contribution in [0.3, 0.4) is 0 Å². The van der Waals surface area contributed by atoms with E-state index in [1.54, 1.807) is 37.6 Å². The SMILES string of the molecule is COc1cc(/C=N\NC(=O)CCc2cc(C(C)(C)C)c(O)c(C(C)(C)C)c2)ccc1OCc1ccc(Cl)cc1Cl. The Hall–Kier alpha value is -3.22. The van der Waals surface area contributed by atoms with Crippen molar-refractivity contribution in [3.8, 4) is 17.2 Å². The standard InChI is InChI=1S/C32H38Cl2N2O4/c1-31(2,3)24-14-20(15-25(30(24)38)32(4,5)6)9-13-29(37)36-35-18-21-8-12-27(28(16-21)39-7)40-19-22-10-11-23(33)17-26(22)34/h8,10-12,14-18,38H,9,13,19H2,1-7H3,(H,36,37)/b35-18-. The van der Waals surface area contributed by atoms with Gasteiger partial charge in [0.15, 0.2) is 11.5 Å². The van der Waals surface area contributed by atoms with Crippen molar-refractivity contribution in [1.82, 2.24) is 5.43 Å². The van der Waals surface area contributed by atoms with Crippen LogP contribution >= 0.6 is 23.2 Å². The number of phenolic OH excluding ortho intramolecular Hbond substituents is 1. The Labute approximate surface area is 247 Å². The maximum Gasteiger partial charge on any atom is 0.240 e. The van der Waals surface area contributed by atoms with Crippen molar-refractivity contribution in [2.45, 2.75) is 71.8 Å². The van der Waals surface area contributed by atoms with Gasteiger partial charge in [0, 0.05) is 22.0 Å². The molecule has 0 saturated heterocycles. The molecule has 0 fully saturated rings. The van der Waals surface area contributed by atoms with Crippen molar-refractivity contribution in [2.75, 3.05) is 7.11 Å². The summed E-state index contributed by atoms with van der Waals surface area (Å²) in [5.74, 6) is 1.20. The smallest absolute Gasteiger partial charge is 0.240 e. The Bertz CT molecular complexity index is 1350. The molecule has 3 rings (SSSR count). The van der Waals surface area contributed by atoms with E-state index in [-0.39, 0.29) is 29.8 Å². The number of benzene rings is 3. The van der Waals surface area contributed by atoms with Gasteiger partial charge in [-0.05, 0) is 69.8 Å². The zero-order chi connectivity index (χ0) is 29.7. The highest BCUT2D eigenvalue weighted by atomic mass is 35.5. The molecule has 0 aromatic heterocycles. The Balaban J connectivity index is 1.62. The largest absolute Gasteiger partial charge is 0.507 e. The van der Waals surface area contributed by atoms with Gasteiger partial charge in [0.25, 0.3) is 0 Å². The van der Waals surface area contributed by atoms with Gasteiger partial charge >= 0.3 is 0 Å². The first-order valence-corrected chi connectivity index (χ1v) is 13.9. The lowest BCUT2D eigenvalue weighted by Crippen LogP contribution is -2.20. The number of methoxy groups -OCH3 is 1. The van der Waals surface area contributed by atoms with E-state index >= 15 is 0 Å². The van der Waals surface area contributed by atoms with E-state index in [9.17, 15) is 9.90 Å². The number of phenols is 1. The zero-order valence-corrected chi connectivity index (χ0v) is 25.7. The molecule has 40 heavy (non-hydrogen) atoms. The summed E-state index contributed by atoms with van der Waals surface area (Å²) < 4.78 is 11.4. The third kappa shape index (κ3) is 8.39. The summed E-state index contributed by atoms with van der Waals surface area (Å²) in [5.41, 5.74) is 6.45. The Morgan fingerprint density at radius 1 is 0.950 bits per heavy atom. The number of aromatic hydroxyl groups is 1. The van der Waals surface area contributed by atoms with E-state index in [0.717, 1.165) is 27.8 Å². The lowest BCUT2D eigenvalue weighted by atomic mass is 9.78. The highest BCUT2D eigenvalue weighted by Crippen LogP contribution is 2.40. The maximum absolute atomic E-state index is 12.5. The zero-order valence-electron chi connectivity index (χ0n) is 24.2. The average molecular weight is 586 g/mol. The second kappa shape index (κ2) is 13.0. The number of nitrogens with zero attached hydrogens (tertiary/aromatic N) is 1. The molecule has 3 aromatic rings. The fourth-order valence-electron chi connectivity index (χ4n) is 4.15. The van der Waals surface area contributed by atoms with Gasteiger partial charge in [-0.1, -0.05) is 82.9 Å². The normalized spacial score (nSPS) is 12.0. The van der Waals surface area contributed by atoms with Crippen molar-refractivity contribution in [3.05, 3.63) is 86.4 Å². The van der Waals surface area contributed by atoms with Crippen LogP contribution in [0, 0.1) is 0 Å². The van der Waals surface area contributed by atoms with Gasteiger partial charge in [0.1, 0.15) is 12.4 Å². The molecule has 3 aromatic carbocycles. The second-order valence-corrected chi connectivity index (χ2v) is 12.6. The minimum atomic E-state index is -0.225. The molecule has 6 nitrogen and oxygen atoms in total. The Morgan fingerprint density at radius 2 is 1.60 bits per heavy atom. The summed E-state index contributed by atoms with van der Waals surface area (Å²) in [6.45, 7) is 12.7. The fraction of sp³-hybridized carbons (Fsp3) is 0.375. The second-order valence-electron chi connectivity index (χ2n) is 11.8. The molecule has 0 aliphatic carbocycles. The summed E-state index contributed by atoms with van der Waals surface area (Å²) in [6.07, 6.45) is 2.35. The Kier molecular flexibility index (Phi) is 10.1. The van der Waals surface area contributed by atoms with Crippen molar-refractivity contribution in [3.63, 3.8) is 0 Å². The van der Waals surface area contributed by atoms with Crippen LogP contribution < -0.4 is 14.9 Å². The third-order valence-electron chi connectivity index (χ3n) is 6.42. The molecule has 0 spiro atoms. The number of amides is 1. The van der Waals surface area contributed by atoms with Gasteiger partial charge in [-0.15, -0.1) is 0 Å². The van der Waals surface area contributed by atoms with E-state index in [1.165, 1.54) is 0 Å². The summed E-state index contributed by atoms with van der Waals surface area (Å²) >= 11 is 12.2. The molecule has 0 heterocycles. The third-order valence-corrected chi connectivity index (χ3v) is 7.00. The van der Waals surface area contributed by atoms with Gasteiger partial charge in [-0.25, -0.2) is 5.43 Å². The van der Waals surface area contributed by atoms with Crippen molar-refractivity contribution in [1.29, 1.82) is 0 Å².